The fourth-order valence-electron chi connectivity index (χ4n) is 3.42. The smallest absolute Gasteiger partial charge is 0.264 e. The van der Waals surface area contributed by atoms with Gasteiger partial charge >= 0.3 is 0 Å². The normalized spacial score (nSPS) is 11.3. The van der Waals surface area contributed by atoms with Crippen LogP contribution in [0.1, 0.15) is 30.9 Å². The summed E-state index contributed by atoms with van der Waals surface area (Å²) in [6.07, 6.45) is 0. The van der Waals surface area contributed by atoms with Gasteiger partial charge in [0.1, 0.15) is 18.9 Å². The molecule has 180 valence electrons. The number of hydrogen-bond acceptors (Lipinski definition) is 4. The standard InChI is InChI=1S/C26H29ClN2O4S/c1-19(2)22-8-4-7-11-25(22)33-17-16-28-26(30)18-29(24-10-6-5-9-23(24)27)34(31,32)21-14-12-20(3)13-15-21/h4-15,19H,16-18H2,1-3H3,(H,28,30). The summed E-state index contributed by atoms with van der Waals surface area (Å²) in [4.78, 5) is 12.8. The van der Waals surface area contributed by atoms with Crippen LogP contribution in [0.25, 0.3) is 0 Å². The third kappa shape index (κ3) is 6.30. The van der Waals surface area contributed by atoms with Crippen molar-refractivity contribution in [1.82, 2.24) is 5.32 Å². The van der Waals surface area contributed by atoms with Crippen LogP contribution in [0.5, 0.6) is 5.75 Å². The van der Waals surface area contributed by atoms with E-state index in [9.17, 15) is 13.2 Å². The predicted molar refractivity (Wildman–Crippen MR) is 136 cm³/mol. The highest BCUT2D eigenvalue weighted by molar-refractivity contribution is 7.92. The van der Waals surface area contributed by atoms with Gasteiger partial charge in [-0.2, -0.15) is 0 Å². The molecule has 0 bridgehead atoms. The molecule has 1 amide bonds. The molecule has 0 unspecified atom stereocenters. The number of carbonyl (C=O) groups excluding carboxylic acids is 1. The number of para-hydroxylation sites is 2. The summed E-state index contributed by atoms with van der Waals surface area (Å²) >= 11 is 6.30. The van der Waals surface area contributed by atoms with Crippen molar-refractivity contribution < 1.29 is 17.9 Å². The van der Waals surface area contributed by atoms with Crippen molar-refractivity contribution >= 4 is 33.2 Å². The first-order valence-electron chi connectivity index (χ1n) is 11.0. The second-order valence-corrected chi connectivity index (χ2v) is 10.4. The van der Waals surface area contributed by atoms with Crippen LogP contribution < -0.4 is 14.4 Å². The number of amides is 1. The molecule has 0 saturated heterocycles. The molecule has 0 spiro atoms. The van der Waals surface area contributed by atoms with Gasteiger partial charge in [-0.15, -0.1) is 0 Å². The Morgan fingerprint density at radius 2 is 1.65 bits per heavy atom. The number of hydrogen-bond donors (Lipinski definition) is 1. The monoisotopic (exact) mass is 500 g/mol. The third-order valence-electron chi connectivity index (χ3n) is 5.24. The van der Waals surface area contributed by atoms with Crippen LogP contribution in [-0.2, 0) is 14.8 Å². The van der Waals surface area contributed by atoms with Crippen LogP contribution in [0.4, 0.5) is 5.69 Å². The molecule has 0 radical (unpaired) electrons. The van der Waals surface area contributed by atoms with Crippen LogP contribution in [-0.4, -0.2) is 34.0 Å². The van der Waals surface area contributed by atoms with Crippen molar-refractivity contribution in [3.8, 4) is 5.75 Å². The summed E-state index contributed by atoms with van der Waals surface area (Å²) in [6, 6.07) is 20.8. The van der Waals surface area contributed by atoms with E-state index in [-0.39, 0.29) is 28.8 Å². The Morgan fingerprint density at radius 1 is 1.00 bits per heavy atom. The van der Waals surface area contributed by atoms with Crippen LogP contribution in [0, 0.1) is 6.92 Å². The molecule has 0 aliphatic rings. The second-order valence-electron chi connectivity index (χ2n) is 8.17. The molecule has 34 heavy (non-hydrogen) atoms. The molecule has 3 rings (SSSR count). The van der Waals surface area contributed by atoms with Gasteiger partial charge in [0.15, 0.2) is 0 Å². The first-order valence-corrected chi connectivity index (χ1v) is 12.8. The van der Waals surface area contributed by atoms with Crippen molar-refractivity contribution in [3.05, 3.63) is 88.9 Å². The van der Waals surface area contributed by atoms with E-state index in [0.717, 1.165) is 21.2 Å². The quantitative estimate of drug-likeness (QED) is 0.390. The maximum Gasteiger partial charge on any atom is 0.264 e. The van der Waals surface area contributed by atoms with Crippen molar-refractivity contribution in [1.29, 1.82) is 0 Å². The van der Waals surface area contributed by atoms with E-state index in [4.69, 9.17) is 16.3 Å². The van der Waals surface area contributed by atoms with Gasteiger partial charge in [-0.3, -0.25) is 9.10 Å². The summed E-state index contributed by atoms with van der Waals surface area (Å²) in [5.74, 6) is 0.615. The Balaban J connectivity index is 1.71. The number of ether oxygens (including phenoxy) is 1. The van der Waals surface area contributed by atoms with Gasteiger partial charge < -0.3 is 10.1 Å². The summed E-state index contributed by atoms with van der Waals surface area (Å²) in [7, 11) is -4.02. The fraction of sp³-hybridized carbons (Fsp3) is 0.269. The van der Waals surface area contributed by atoms with Crippen LogP contribution in [0.2, 0.25) is 5.02 Å². The zero-order valence-corrected chi connectivity index (χ0v) is 21.1. The van der Waals surface area contributed by atoms with E-state index >= 15 is 0 Å². The summed E-state index contributed by atoms with van der Waals surface area (Å²) < 4.78 is 33.7. The Morgan fingerprint density at radius 3 is 2.32 bits per heavy atom. The molecule has 6 nitrogen and oxygen atoms in total. The Kier molecular flexibility index (Phi) is 8.58. The van der Waals surface area contributed by atoms with E-state index in [1.807, 2.05) is 31.2 Å². The van der Waals surface area contributed by atoms with Gasteiger partial charge in [0.2, 0.25) is 5.91 Å². The minimum atomic E-state index is -4.02. The van der Waals surface area contributed by atoms with E-state index in [1.165, 1.54) is 12.1 Å². The lowest BCUT2D eigenvalue weighted by molar-refractivity contribution is -0.119. The topological polar surface area (TPSA) is 75.7 Å². The van der Waals surface area contributed by atoms with Crippen LogP contribution in [0.15, 0.2) is 77.7 Å². The molecule has 0 heterocycles. The minimum absolute atomic E-state index is 0.0828. The molecule has 0 atom stereocenters. The molecule has 0 fully saturated rings. The maximum atomic E-state index is 13.4. The van der Waals surface area contributed by atoms with Gasteiger partial charge in [0.05, 0.1) is 22.2 Å². The molecule has 1 N–H and O–H groups in total. The van der Waals surface area contributed by atoms with Crippen molar-refractivity contribution in [3.63, 3.8) is 0 Å². The first kappa shape index (κ1) is 25.6. The van der Waals surface area contributed by atoms with Crippen molar-refractivity contribution in [2.24, 2.45) is 0 Å². The summed E-state index contributed by atoms with van der Waals surface area (Å²) in [5, 5.41) is 2.98. The number of nitrogens with one attached hydrogen (secondary N) is 1. The average molecular weight is 501 g/mol. The molecule has 0 aliphatic heterocycles. The lowest BCUT2D eigenvalue weighted by atomic mass is 10.0. The predicted octanol–water partition coefficient (Wildman–Crippen LogP) is 5.16. The molecule has 0 aliphatic carbocycles. The first-order chi connectivity index (χ1) is 16.2. The van der Waals surface area contributed by atoms with Gasteiger partial charge in [-0.05, 0) is 48.7 Å². The van der Waals surface area contributed by atoms with Gasteiger partial charge in [-0.1, -0.05) is 73.5 Å². The molecule has 3 aromatic rings. The number of benzene rings is 3. The highest BCUT2D eigenvalue weighted by Crippen LogP contribution is 2.30. The van der Waals surface area contributed by atoms with Crippen LogP contribution >= 0.6 is 11.6 Å². The van der Waals surface area contributed by atoms with Crippen LogP contribution in [0.3, 0.4) is 0 Å². The maximum absolute atomic E-state index is 13.4. The summed E-state index contributed by atoms with van der Waals surface area (Å²) in [5.41, 5.74) is 2.25. The number of aryl methyl sites for hydroxylation is 1. The molecular formula is C26H29ClN2O4S. The zero-order chi connectivity index (χ0) is 24.7. The largest absolute Gasteiger partial charge is 0.491 e. The molecule has 0 saturated carbocycles. The SMILES string of the molecule is Cc1ccc(S(=O)(=O)N(CC(=O)NCCOc2ccccc2C(C)C)c2ccccc2Cl)cc1. The molecular weight excluding hydrogens is 472 g/mol. The molecule has 0 aromatic heterocycles. The van der Waals surface area contributed by atoms with Gasteiger partial charge in [-0.25, -0.2) is 8.42 Å². The number of carbonyl (C=O) groups is 1. The van der Waals surface area contributed by atoms with Gasteiger partial charge in [0.25, 0.3) is 10.0 Å². The number of halogens is 1. The lowest BCUT2D eigenvalue weighted by Gasteiger charge is -2.25. The Bertz CT molecular complexity index is 1230. The highest BCUT2D eigenvalue weighted by Gasteiger charge is 2.28. The van der Waals surface area contributed by atoms with E-state index in [2.05, 4.69) is 19.2 Å². The number of nitrogens with zero attached hydrogens (tertiary/aromatic N) is 1. The minimum Gasteiger partial charge on any atom is -0.491 e. The van der Waals surface area contributed by atoms with Crippen molar-refractivity contribution in [2.45, 2.75) is 31.6 Å². The zero-order valence-electron chi connectivity index (χ0n) is 19.5. The average Bonchev–Trinajstić information content (AvgIpc) is 2.81. The molecule has 3 aromatic carbocycles. The Hall–Kier alpha value is -3.03. The fourth-order valence-corrected chi connectivity index (χ4v) is 5.15. The lowest BCUT2D eigenvalue weighted by Crippen LogP contribution is -2.42. The third-order valence-corrected chi connectivity index (χ3v) is 7.33. The number of anilines is 1. The second kappa shape index (κ2) is 11.4. The van der Waals surface area contributed by atoms with Crippen molar-refractivity contribution in [2.75, 3.05) is 24.0 Å². The number of sulfonamides is 1. The number of rotatable bonds is 10. The van der Waals surface area contributed by atoms with Gasteiger partial charge in [0, 0.05) is 0 Å². The van der Waals surface area contributed by atoms with E-state index < -0.39 is 22.5 Å². The van der Waals surface area contributed by atoms with E-state index in [1.54, 1.807) is 36.4 Å². The van der Waals surface area contributed by atoms with E-state index in [0.29, 0.717) is 5.92 Å². The highest BCUT2D eigenvalue weighted by atomic mass is 35.5. The summed E-state index contributed by atoms with van der Waals surface area (Å²) in [6.45, 7) is 6.11. The Labute approximate surface area is 206 Å². The molecule has 8 heteroatoms.